The van der Waals surface area contributed by atoms with E-state index < -0.39 is 0 Å². The lowest BCUT2D eigenvalue weighted by Crippen LogP contribution is -2.16. The van der Waals surface area contributed by atoms with Gasteiger partial charge in [-0.3, -0.25) is 4.79 Å². The smallest absolute Gasteiger partial charge is 0.306 e. The molecule has 0 aliphatic rings. The average Bonchev–Trinajstić information content (AvgIpc) is 2.10. The van der Waals surface area contributed by atoms with E-state index >= 15 is 0 Å². The summed E-state index contributed by atoms with van der Waals surface area (Å²) in [4.78, 5) is 11.1. The molecule has 0 heterocycles. The predicted molar refractivity (Wildman–Crippen MR) is 50.0 cm³/mol. The number of rotatable bonds is 6. The molecule has 0 N–H and O–H groups in total. The number of ether oxygens (including phenoxy) is 1. The Morgan fingerprint density at radius 2 is 1.83 bits per heavy atom. The van der Waals surface area contributed by atoms with E-state index in [9.17, 15) is 4.79 Å². The zero-order chi connectivity index (χ0) is 9.40. The van der Waals surface area contributed by atoms with E-state index in [1.54, 1.807) is 0 Å². The monoisotopic (exact) mass is 172 g/mol. The molecule has 72 valence electrons. The molecule has 0 aromatic rings. The maximum atomic E-state index is 11.1. The standard InChI is InChI=1S/C10H20O2/c1-4-7-8-10(11)12-9(5-2)6-3/h9H,4-8H2,1-3H3. The van der Waals surface area contributed by atoms with E-state index in [0.717, 1.165) is 25.7 Å². The van der Waals surface area contributed by atoms with Gasteiger partial charge >= 0.3 is 5.97 Å². The molecule has 2 heteroatoms. The maximum Gasteiger partial charge on any atom is 0.306 e. The van der Waals surface area contributed by atoms with Crippen LogP contribution in [0.25, 0.3) is 0 Å². The molecule has 0 spiro atoms. The summed E-state index contributed by atoms with van der Waals surface area (Å²) in [5.41, 5.74) is 0. The first-order valence-corrected chi connectivity index (χ1v) is 4.94. The fraction of sp³-hybridized carbons (Fsp3) is 0.900. The minimum atomic E-state index is -0.0365. The van der Waals surface area contributed by atoms with Gasteiger partial charge < -0.3 is 4.74 Å². The van der Waals surface area contributed by atoms with Crippen molar-refractivity contribution in [3.8, 4) is 0 Å². The lowest BCUT2D eigenvalue weighted by molar-refractivity contribution is -0.149. The minimum Gasteiger partial charge on any atom is -0.462 e. The first-order valence-electron chi connectivity index (χ1n) is 4.94. The average molecular weight is 172 g/mol. The highest BCUT2D eigenvalue weighted by atomic mass is 16.5. The van der Waals surface area contributed by atoms with Crippen LogP contribution in [0.1, 0.15) is 52.9 Å². The summed E-state index contributed by atoms with van der Waals surface area (Å²) in [6.45, 7) is 6.16. The number of hydrogen-bond donors (Lipinski definition) is 0. The summed E-state index contributed by atoms with van der Waals surface area (Å²) in [6, 6.07) is 0. The first-order chi connectivity index (χ1) is 5.74. The highest BCUT2D eigenvalue weighted by Crippen LogP contribution is 2.05. The van der Waals surface area contributed by atoms with Crippen molar-refractivity contribution in [1.29, 1.82) is 0 Å². The van der Waals surface area contributed by atoms with E-state index in [4.69, 9.17) is 4.74 Å². The summed E-state index contributed by atoms with van der Waals surface area (Å²) in [6.07, 6.45) is 4.56. The van der Waals surface area contributed by atoms with Crippen LogP contribution in [0, 0.1) is 0 Å². The van der Waals surface area contributed by atoms with Crippen LogP contribution in [0.3, 0.4) is 0 Å². The summed E-state index contributed by atoms with van der Waals surface area (Å²) in [7, 11) is 0. The molecule has 0 saturated carbocycles. The van der Waals surface area contributed by atoms with Crippen molar-refractivity contribution in [2.24, 2.45) is 0 Å². The van der Waals surface area contributed by atoms with Crippen LogP contribution in [0.15, 0.2) is 0 Å². The fourth-order valence-corrected chi connectivity index (χ4v) is 1.02. The SMILES string of the molecule is CCCCC(=O)OC(CC)CC. The summed E-state index contributed by atoms with van der Waals surface area (Å²) in [5.74, 6) is -0.0365. The molecule has 0 aliphatic carbocycles. The highest BCUT2D eigenvalue weighted by molar-refractivity contribution is 5.69. The second kappa shape index (κ2) is 7.14. The fourth-order valence-electron chi connectivity index (χ4n) is 1.02. The van der Waals surface area contributed by atoms with E-state index in [-0.39, 0.29) is 12.1 Å². The first kappa shape index (κ1) is 11.5. The van der Waals surface area contributed by atoms with Crippen molar-refractivity contribution in [2.75, 3.05) is 0 Å². The molecule has 0 saturated heterocycles. The van der Waals surface area contributed by atoms with Crippen molar-refractivity contribution in [1.82, 2.24) is 0 Å². The Kier molecular flexibility index (Phi) is 6.82. The number of carbonyl (C=O) groups excluding carboxylic acids is 1. The predicted octanol–water partition coefficient (Wildman–Crippen LogP) is 2.91. The minimum absolute atomic E-state index is 0.0365. The normalized spacial score (nSPS) is 10.3. The Morgan fingerprint density at radius 3 is 2.25 bits per heavy atom. The van der Waals surface area contributed by atoms with Gasteiger partial charge in [0.1, 0.15) is 6.10 Å². The number of hydrogen-bond acceptors (Lipinski definition) is 2. The molecule has 0 unspecified atom stereocenters. The van der Waals surface area contributed by atoms with Gasteiger partial charge in [0, 0.05) is 6.42 Å². The summed E-state index contributed by atoms with van der Waals surface area (Å²) in [5, 5.41) is 0. The van der Waals surface area contributed by atoms with Gasteiger partial charge in [-0.15, -0.1) is 0 Å². The maximum absolute atomic E-state index is 11.1. The number of esters is 1. The molecular formula is C10H20O2. The zero-order valence-corrected chi connectivity index (χ0v) is 8.43. The molecule has 0 aromatic carbocycles. The largest absolute Gasteiger partial charge is 0.462 e. The Balaban J connectivity index is 3.52. The molecule has 12 heavy (non-hydrogen) atoms. The second-order valence-electron chi connectivity index (χ2n) is 3.03. The Hall–Kier alpha value is -0.530. The van der Waals surface area contributed by atoms with Crippen LogP contribution >= 0.6 is 0 Å². The van der Waals surface area contributed by atoms with E-state index in [2.05, 4.69) is 6.92 Å². The summed E-state index contributed by atoms with van der Waals surface area (Å²) >= 11 is 0. The molecule has 0 atom stereocenters. The van der Waals surface area contributed by atoms with E-state index in [0.29, 0.717) is 6.42 Å². The van der Waals surface area contributed by atoms with Gasteiger partial charge in [0.2, 0.25) is 0 Å². The van der Waals surface area contributed by atoms with Gasteiger partial charge in [0.15, 0.2) is 0 Å². The van der Waals surface area contributed by atoms with Gasteiger partial charge in [0.05, 0.1) is 0 Å². The van der Waals surface area contributed by atoms with Crippen molar-refractivity contribution in [3.63, 3.8) is 0 Å². The van der Waals surface area contributed by atoms with Crippen molar-refractivity contribution in [2.45, 2.75) is 59.0 Å². The molecule has 0 amide bonds. The van der Waals surface area contributed by atoms with Crippen molar-refractivity contribution >= 4 is 5.97 Å². The van der Waals surface area contributed by atoms with Gasteiger partial charge in [-0.05, 0) is 19.3 Å². The van der Waals surface area contributed by atoms with Crippen LogP contribution in [0.2, 0.25) is 0 Å². The Bertz CT molecular complexity index is 117. The Morgan fingerprint density at radius 1 is 1.25 bits per heavy atom. The van der Waals surface area contributed by atoms with Gasteiger partial charge in [-0.25, -0.2) is 0 Å². The van der Waals surface area contributed by atoms with Gasteiger partial charge in [-0.2, -0.15) is 0 Å². The third-order valence-corrected chi connectivity index (χ3v) is 1.94. The second-order valence-corrected chi connectivity index (χ2v) is 3.03. The molecule has 0 fully saturated rings. The Labute approximate surface area is 75.3 Å². The third kappa shape index (κ3) is 5.16. The van der Waals surface area contributed by atoms with Crippen LogP contribution in [0.5, 0.6) is 0 Å². The summed E-state index contributed by atoms with van der Waals surface area (Å²) < 4.78 is 5.21. The molecule has 0 aromatic heterocycles. The highest BCUT2D eigenvalue weighted by Gasteiger charge is 2.08. The van der Waals surface area contributed by atoms with Crippen LogP contribution in [-0.2, 0) is 9.53 Å². The van der Waals surface area contributed by atoms with Crippen LogP contribution in [0.4, 0.5) is 0 Å². The molecular weight excluding hydrogens is 152 g/mol. The van der Waals surface area contributed by atoms with Crippen molar-refractivity contribution in [3.05, 3.63) is 0 Å². The third-order valence-electron chi connectivity index (χ3n) is 1.94. The lowest BCUT2D eigenvalue weighted by Gasteiger charge is -2.13. The van der Waals surface area contributed by atoms with Crippen molar-refractivity contribution < 1.29 is 9.53 Å². The quantitative estimate of drug-likeness (QED) is 0.576. The molecule has 0 radical (unpaired) electrons. The van der Waals surface area contributed by atoms with Crippen LogP contribution < -0.4 is 0 Å². The molecule has 0 aliphatic heterocycles. The van der Waals surface area contributed by atoms with E-state index in [1.807, 2.05) is 13.8 Å². The van der Waals surface area contributed by atoms with E-state index in [1.165, 1.54) is 0 Å². The molecule has 0 rings (SSSR count). The van der Waals surface area contributed by atoms with Gasteiger partial charge in [-0.1, -0.05) is 27.2 Å². The molecule has 2 nitrogen and oxygen atoms in total. The van der Waals surface area contributed by atoms with Crippen LogP contribution in [-0.4, -0.2) is 12.1 Å². The lowest BCUT2D eigenvalue weighted by atomic mass is 10.2. The zero-order valence-electron chi connectivity index (χ0n) is 8.43. The van der Waals surface area contributed by atoms with Gasteiger partial charge in [0.25, 0.3) is 0 Å². The number of carbonyl (C=O) groups is 1. The molecule has 0 bridgehead atoms. The topological polar surface area (TPSA) is 26.3 Å². The number of unbranched alkanes of at least 4 members (excludes halogenated alkanes) is 1.